The molecule has 1 fully saturated rings. The van der Waals surface area contributed by atoms with Gasteiger partial charge in [0, 0.05) is 0 Å². The molecule has 1 aromatic rings. The number of carboxylic acid groups (broad SMARTS) is 1. The Balaban J connectivity index is 2.58. The average Bonchev–Trinajstić information content (AvgIpc) is 2.36. The number of hydrogen-bond acceptors (Lipinski definition) is 3. The van der Waals surface area contributed by atoms with Crippen LogP contribution in [0.4, 0.5) is 0 Å². The summed E-state index contributed by atoms with van der Waals surface area (Å²) in [6.07, 6.45) is 3.14. The molecule has 1 aliphatic carbocycles. The number of aryl methyl sites for hydroxylation is 1. The molecule has 104 valence electrons. The van der Waals surface area contributed by atoms with Crippen molar-refractivity contribution in [2.24, 2.45) is 0 Å². The summed E-state index contributed by atoms with van der Waals surface area (Å²) in [7, 11) is 3.16. The van der Waals surface area contributed by atoms with E-state index in [4.69, 9.17) is 9.47 Å². The SMILES string of the molecule is CCc1cc(OC)c(OC)cc1C1(C(=O)O)CCC1. The minimum absolute atomic E-state index is 0.599. The van der Waals surface area contributed by atoms with E-state index in [9.17, 15) is 9.90 Å². The molecule has 0 heterocycles. The maximum absolute atomic E-state index is 11.7. The minimum atomic E-state index is -0.735. The zero-order valence-electron chi connectivity index (χ0n) is 11.7. The smallest absolute Gasteiger partial charge is 0.314 e. The first-order valence-electron chi connectivity index (χ1n) is 6.57. The van der Waals surface area contributed by atoms with Gasteiger partial charge in [0.05, 0.1) is 19.6 Å². The van der Waals surface area contributed by atoms with E-state index in [0.717, 1.165) is 24.0 Å². The van der Waals surface area contributed by atoms with Crippen LogP contribution < -0.4 is 9.47 Å². The fraction of sp³-hybridized carbons (Fsp3) is 0.533. The van der Waals surface area contributed by atoms with Crippen molar-refractivity contribution in [1.29, 1.82) is 0 Å². The van der Waals surface area contributed by atoms with Gasteiger partial charge in [-0.15, -0.1) is 0 Å². The van der Waals surface area contributed by atoms with Crippen molar-refractivity contribution in [3.8, 4) is 11.5 Å². The van der Waals surface area contributed by atoms with Crippen molar-refractivity contribution in [2.75, 3.05) is 14.2 Å². The predicted molar refractivity (Wildman–Crippen MR) is 72.1 cm³/mol. The van der Waals surface area contributed by atoms with Crippen molar-refractivity contribution in [3.05, 3.63) is 23.3 Å². The van der Waals surface area contributed by atoms with Crippen LogP contribution in [0.15, 0.2) is 12.1 Å². The fourth-order valence-electron chi connectivity index (χ4n) is 2.79. The molecule has 19 heavy (non-hydrogen) atoms. The Bertz CT molecular complexity index is 489. The molecule has 4 nitrogen and oxygen atoms in total. The van der Waals surface area contributed by atoms with Gasteiger partial charge in [-0.25, -0.2) is 0 Å². The molecule has 1 N–H and O–H groups in total. The Hall–Kier alpha value is -1.71. The molecular formula is C15H20O4. The van der Waals surface area contributed by atoms with E-state index in [1.165, 1.54) is 0 Å². The monoisotopic (exact) mass is 264 g/mol. The van der Waals surface area contributed by atoms with Crippen LogP contribution >= 0.6 is 0 Å². The van der Waals surface area contributed by atoms with Crippen LogP contribution in [-0.2, 0) is 16.6 Å². The third-order valence-corrected chi connectivity index (χ3v) is 4.12. The van der Waals surface area contributed by atoms with E-state index in [0.29, 0.717) is 24.3 Å². The Morgan fingerprint density at radius 2 is 1.84 bits per heavy atom. The number of rotatable bonds is 5. The van der Waals surface area contributed by atoms with E-state index < -0.39 is 11.4 Å². The number of hydrogen-bond donors (Lipinski definition) is 1. The van der Waals surface area contributed by atoms with Gasteiger partial charge >= 0.3 is 5.97 Å². The highest BCUT2D eigenvalue weighted by atomic mass is 16.5. The average molecular weight is 264 g/mol. The highest BCUT2D eigenvalue weighted by Crippen LogP contribution is 2.47. The Labute approximate surface area is 113 Å². The van der Waals surface area contributed by atoms with E-state index in [1.54, 1.807) is 14.2 Å². The molecule has 4 heteroatoms. The number of carboxylic acids is 1. The number of benzene rings is 1. The van der Waals surface area contributed by atoms with Gasteiger partial charge < -0.3 is 14.6 Å². The zero-order chi connectivity index (χ0) is 14.0. The minimum Gasteiger partial charge on any atom is -0.493 e. The molecule has 0 bridgehead atoms. The van der Waals surface area contributed by atoms with Crippen molar-refractivity contribution < 1.29 is 19.4 Å². The maximum Gasteiger partial charge on any atom is 0.314 e. The van der Waals surface area contributed by atoms with E-state index >= 15 is 0 Å². The van der Waals surface area contributed by atoms with Gasteiger partial charge in [-0.05, 0) is 42.5 Å². The molecule has 1 aromatic carbocycles. The molecule has 0 spiro atoms. The molecule has 0 aromatic heterocycles. The third kappa shape index (κ3) is 2.05. The van der Waals surface area contributed by atoms with Crippen LogP contribution in [0.3, 0.4) is 0 Å². The highest BCUT2D eigenvalue weighted by molar-refractivity contribution is 5.83. The second-order valence-corrected chi connectivity index (χ2v) is 4.96. The van der Waals surface area contributed by atoms with Gasteiger partial charge in [0.25, 0.3) is 0 Å². The normalized spacial score (nSPS) is 16.6. The van der Waals surface area contributed by atoms with E-state index in [-0.39, 0.29) is 0 Å². The summed E-state index contributed by atoms with van der Waals surface area (Å²) >= 11 is 0. The van der Waals surface area contributed by atoms with Crippen LogP contribution in [-0.4, -0.2) is 25.3 Å². The molecule has 0 radical (unpaired) electrons. The van der Waals surface area contributed by atoms with Crippen molar-refractivity contribution in [1.82, 2.24) is 0 Å². The number of carbonyl (C=O) groups is 1. The van der Waals surface area contributed by atoms with Crippen molar-refractivity contribution in [3.63, 3.8) is 0 Å². The van der Waals surface area contributed by atoms with Gasteiger partial charge in [0.15, 0.2) is 11.5 Å². The quantitative estimate of drug-likeness (QED) is 0.888. The first kappa shape index (κ1) is 13.7. The lowest BCUT2D eigenvalue weighted by Gasteiger charge is -2.39. The molecule has 0 unspecified atom stereocenters. The third-order valence-electron chi connectivity index (χ3n) is 4.12. The Morgan fingerprint density at radius 3 is 2.21 bits per heavy atom. The summed E-state index contributed by atoms with van der Waals surface area (Å²) in [5, 5.41) is 9.58. The summed E-state index contributed by atoms with van der Waals surface area (Å²) in [6, 6.07) is 3.74. The van der Waals surface area contributed by atoms with Crippen LogP contribution in [0.5, 0.6) is 11.5 Å². The Kier molecular flexibility index (Phi) is 3.69. The van der Waals surface area contributed by atoms with E-state index in [2.05, 4.69) is 0 Å². The largest absolute Gasteiger partial charge is 0.493 e. The second-order valence-electron chi connectivity index (χ2n) is 4.96. The zero-order valence-corrected chi connectivity index (χ0v) is 11.7. The topological polar surface area (TPSA) is 55.8 Å². The highest BCUT2D eigenvalue weighted by Gasteiger charge is 2.47. The first-order valence-corrected chi connectivity index (χ1v) is 6.57. The summed E-state index contributed by atoms with van der Waals surface area (Å²) in [6.45, 7) is 2.03. The molecule has 0 aliphatic heterocycles. The Morgan fingerprint density at radius 1 is 1.26 bits per heavy atom. The maximum atomic E-state index is 11.7. The fourth-order valence-corrected chi connectivity index (χ4v) is 2.79. The first-order chi connectivity index (χ1) is 9.08. The van der Waals surface area contributed by atoms with Crippen molar-refractivity contribution in [2.45, 2.75) is 38.0 Å². The van der Waals surface area contributed by atoms with Gasteiger partial charge in [0.1, 0.15) is 0 Å². The summed E-state index contributed by atoms with van der Waals surface area (Å²) in [4.78, 5) is 11.7. The van der Waals surface area contributed by atoms with Crippen LogP contribution in [0.1, 0.15) is 37.3 Å². The standard InChI is InChI=1S/C15H20O4/c1-4-10-8-12(18-2)13(19-3)9-11(10)15(14(16)17)6-5-7-15/h8-9H,4-7H2,1-3H3,(H,16,17). The molecule has 0 saturated heterocycles. The predicted octanol–water partition coefficient (Wildman–Crippen LogP) is 2.77. The van der Waals surface area contributed by atoms with Crippen LogP contribution in [0.25, 0.3) is 0 Å². The summed E-state index contributed by atoms with van der Waals surface area (Å²) in [5.41, 5.74) is 1.18. The molecule has 2 rings (SSSR count). The van der Waals surface area contributed by atoms with Crippen molar-refractivity contribution >= 4 is 5.97 Å². The molecular weight excluding hydrogens is 244 g/mol. The van der Waals surface area contributed by atoms with Gasteiger partial charge in [-0.3, -0.25) is 4.79 Å². The van der Waals surface area contributed by atoms with Crippen LogP contribution in [0.2, 0.25) is 0 Å². The molecule has 1 aliphatic rings. The lowest BCUT2D eigenvalue weighted by Crippen LogP contribution is -2.43. The lowest BCUT2D eigenvalue weighted by molar-refractivity contribution is -0.147. The van der Waals surface area contributed by atoms with Gasteiger partial charge in [0.2, 0.25) is 0 Å². The van der Waals surface area contributed by atoms with Crippen LogP contribution in [0, 0.1) is 0 Å². The van der Waals surface area contributed by atoms with Gasteiger partial charge in [-0.1, -0.05) is 13.3 Å². The number of aliphatic carboxylic acids is 1. The molecule has 0 atom stereocenters. The second kappa shape index (κ2) is 5.11. The summed E-state index contributed by atoms with van der Waals surface area (Å²) < 4.78 is 10.6. The number of ether oxygens (including phenoxy) is 2. The lowest BCUT2D eigenvalue weighted by atomic mass is 9.63. The molecule has 0 amide bonds. The van der Waals surface area contributed by atoms with E-state index in [1.807, 2.05) is 19.1 Å². The van der Waals surface area contributed by atoms with Gasteiger partial charge in [-0.2, -0.15) is 0 Å². The number of methoxy groups -OCH3 is 2. The molecule has 1 saturated carbocycles. The summed E-state index contributed by atoms with van der Waals surface area (Å²) in [5.74, 6) is 0.519.